The first-order chi connectivity index (χ1) is 7.38. The second kappa shape index (κ2) is 4.68. The first-order valence-corrected chi connectivity index (χ1v) is 5.26. The fraction of sp³-hybridized carbons (Fsp3) is 0.364. The summed E-state index contributed by atoms with van der Waals surface area (Å²) in [5, 5.41) is 7.57. The van der Waals surface area contributed by atoms with Crippen LogP contribution in [0.2, 0.25) is 0 Å². The average Bonchev–Trinajstić information content (AvgIpc) is 2.85. The molecule has 0 unspecified atom stereocenters. The first-order valence-electron chi connectivity index (χ1n) is 5.26. The van der Waals surface area contributed by atoms with Gasteiger partial charge in [-0.05, 0) is 18.1 Å². The molecule has 0 aliphatic heterocycles. The Morgan fingerprint density at radius 1 is 1.53 bits per heavy atom. The molecule has 0 bridgehead atoms. The Balaban J connectivity index is 1.88. The van der Waals surface area contributed by atoms with Crippen molar-refractivity contribution in [1.82, 2.24) is 14.8 Å². The molecule has 4 heteroatoms. The minimum atomic E-state index is 0.835. The van der Waals surface area contributed by atoms with Crippen LogP contribution in [-0.2, 0) is 13.1 Å². The van der Waals surface area contributed by atoms with Crippen LogP contribution in [-0.4, -0.2) is 14.8 Å². The molecule has 0 atom stereocenters. The summed E-state index contributed by atoms with van der Waals surface area (Å²) in [5.41, 5.74) is 2.32. The normalized spacial score (nSPS) is 10.5. The quantitative estimate of drug-likeness (QED) is 0.784. The first kappa shape index (κ1) is 9.83. The van der Waals surface area contributed by atoms with E-state index in [2.05, 4.69) is 28.4 Å². The van der Waals surface area contributed by atoms with Crippen molar-refractivity contribution in [2.75, 3.05) is 5.32 Å². The zero-order valence-corrected chi connectivity index (χ0v) is 8.90. The molecule has 0 amide bonds. The van der Waals surface area contributed by atoms with Crippen molar-refractivity contribution in [1.29, 1.82) is 0 Å². The molecule has 2 heterocycles. The largest absolute Gasteiger partial charge is 0.378 e. The van der Waals surface area contributed by atoms with Crippen molar-refractivity contribution >= 4 is 5.69 Å². The monoisotopic (exact) mass is 204 g/mol. The van der Waals surface area contributed by atoms with Gasteiger partial charge in [-0.25, -0.2) is 0 Å². The molecule has 2 aromatic rings. The number of H-pyrrole nitrogens is 1. The maximum atomic E-state index is 4.25. The number of hydrogen-bond acceptors (Lipinski definition) is 2. The molecule has 80 valence electrons. The van der Waals surface area contributed by atoms with E-state index in [9.17, 15) is 0 Å². The Morgan fingerprint density at radius 2 is 2.47 bits per heavy atom. The summed E-state index contributed by atoms with van der Waals surface area (Å²) in [5.74, 6) is 0. The van der Waals surface area contributed by atoms with Gasteiger partial charge in [-0.3, -0.25) is 4.68 Å². The molecule has 0 aromatic carbocycles. The van der Waals surface area contributed by atoms with Gasteiger partial charge in [0, 0.05) is 31.7 Å². The molecule has 0 fully saturated rings. The second-order valence-electron chi connectivity index (χ2n) is 3.56. The van der Waals surface area contributed by atoms with E-state index in [0.29, 0.717) is 0 Å². The van der Waals surface area contributed by atoms with Gasteiger partial charge in [0.1, 0.15) is 0 Å². The topological polar surface area (TPSA) is 45.6 Å². The van der Waals surface area contributed by atoms with Gasteiger partial charge in [-0.2, -0.15) is 5.10 Å². The van der Waals surface area contributed by atoms with Gasteiger partial charge in [0.25, 0.3) is 0 Å². The number of aromatic nitrogens is 3. The molecular weight excluding hydrogens is 188 g/mol. The fourth-order valence-corrected chi connectivity index (χ4v) is 1.48. The number of hydrogen-bond donors (Lipinski definition) is 2. The van der Waals surface area contributed by atoms with Crippen molar-refractivity contribution in [3.05, 3.63) is 36.4 Å². The maximum absolute atomic E-state index is 4.25. The summed E-state index contributed by atoms with van der Waals surface area (Å²) in [6.45, 7) is 3.96. The van der Waals surface area contributed by atoms with Gasteiger partial charge in [-0.15, -0.1) is 0 Å². The molecule has 4 nitrogen and oxygen atoms in total. The number of aryl methyl sites for hydroxylation is 1. The van der Waals surface area contributed by atoms with E-state index < -0.39 is 0 Å². The lowest BCUT2D eigenvalue weighted by atomic mass is 10.3. The molecule has 0 saturated heterocycles. The van der Waals surface area contributed by atoms with Gasteiger partial charge in [0.2, 0.25) is 0 Å². The van der Waals surface area contributed by atoms with E-state index in [1.54, 1.807) is 0 Å². The van der Waals surface area contributed by atoms with Crippen molar-refractivity contribution in [2.45, 2.75) is 26.4 Å². The van der Waals surface area contributed by atoms with Gasteiger partial charge in [0.15, 0.2) is 0 Å². The highest BCUT2D eigenvalue weighted by molar-refractivity contribution is 5.38. The lowest BCUT2D eigenvalue weighted by Gasteiger charge is -2.00. The smallest absolute Gasteiger partial charge is 0.0729 e. The number of aromatic amines is 1. The Kier molecular flexibility index (Phi) is 3.07. The molecule has 0 spiro atoms. The van der Waals surface area contributed by atoms with Crippen LogP contribution in [0.25, 0.3) is 0 Å². The highest BCUT2D eigenvalue weighted by atomic mass is 15.3. The van der Waals surface area contributed by atoms with Gasteiger partial charge in [-0.1, -0.05) is 6.92 Å². The van der Waals surface area contributed by atoms with Gasteiger partial charge in [0.05, 0.1) is 11.9 Å². The molecule has 15 heavy (non-hydrogen) atoms. The third-order valence-electron chi connectivity index (χ3n) is 2.24. The van der Waals surface area contributed by atoms with E-state index >= 15 is 0 Å². The van der Waals surface area contributed by atoms with Crippen LogP contribution in [0.4, 0.5) is 5.69 Å². The molecule has 0 radical (unpaired) electrons. The van der Waals surface area contributed by atoms with Crippen LogP contribution in [0.15, 0.2) is 30.9 Å². The van der Waals surface area contributed by atoms with Crippen molar-refractivity contribution < 1.29 is 0 Å². The number of nitrogens with one attached hydrogen (secondary N) is 2. The molecule has 0 aliphatic carbocycles. The van der Waals surface area contributed by atoms with Crippen LogP contribution in [0.1, 0.15) is 18.9 Å². The molecule has 2 rings (SSSR count). The number of anilines is 1. The number of nitrogens with zero attached hydrogens (tertiary/aromatic N) is 2. The average molecular weight is 204 g/mol. The third kappa shape index (κ3) is 2.62. The van der Waals surface area contributed by atoms with Crippen molar-refractivity contribution in [3.8, 4) is 0 Å². The molecular formula is C11H16N4. The van der Waals surface area contributed by atoms with Crippen LogP contribution in [0.3, 0.4) is 0 Å². The Hall–Kier alpha value is -1.71. The van der Waals surface area contributed by atoms with E-state index in [4.69, 9.17) is 0 Å². The highest BCUT2D eigenvalue weighted by Gasteiger charge is 1.97. The summed E-state index contributed by atoms with van der Waals surface area (Å²) in [6.07, 6.45) is 8.93. The lowest BCUT2D eigenvalue weighted by Crippen LogP contribution is -1.98. The summed E-state index contributed by atoms with van der Waals surface area (Å²) < 4.78 is 1.96. The Labute approximate surface area is 89.3 Å². The van der Waals surface area contributed by atoms with E-state index in [1.165, 1.54) is 5.56 Å². The van der Waals surface area contributed by atoms with Crippen LogP contribution in [0.5, 0.6) is 0 Å². The minimum absolute atomic E-state index is 0.835. The predicted molar refractivity (Wildman–Crippen MR) is 60.6 cm³/mol. The molecule has 2 aromatic heterocycles. The van der Waals surface area contributed by atoms with Crippen LogP contribution < -0.4 is 5.32 Å². The van der Waals surface area contributed by atoms with E-state index in [0.717, 1.165) is 25.2 Å². The van der Waals surface area contributed by atoms with Gasteiger partial charge < -0.3 is 10.3 Å². The Bertz CT molecular complexity index is 388. The highest BCUT2D eigenvalue weighted by Crippen LogP contribution is 2.07. The van der Waals surface area contributed by atoms with Crippen LogP contribution >= 0.6 is 0 Å². The third-order valence-corrected chi connectivity index (χ3v) is 2.24. The Morgan fingerprint density at radius 3 is 3.20 bits per heavy atom. The maximum Gasteiger partial charge on any atom is 0.0729 e. The summed E-state index contributed by atoms with van der Waals surface area (Å²) in [6, 6.07) is 2.06. The summed E-state index contributed by atoms with van der Waals surface area (Å²) in [4.78, 5) is 3.03. The zero-order chi connectivity index (χ0) is 10.5. The summed E-state index contributed by atoms with van der Waals surface area (Å²) >= 11 is 0. The predicted octanol–water partition coefficient (Wildman–Crippen LogP) is 2.23. The van der Waals surface area contributed by atoms with Crippen molar-refractivity contribution in [2.24, 2.45) is 0 Å². The summed E-state index contributed by atoms with van der Waals surface area (Å²) in [7, 11) is 0. The molecule has 0 saturated carbocycles. The lowest BCUT2D eigenvalue weighted by molar-refractivity contribution is 0.603. The molecule has 2 N–H and O–H groups in total. The minimum Gasteiger partial charge on any atom is -0.378 e. The van der Waals surface area contributed by atoms with E-state index in [1.807, 2.05) is 29.5 Å². The van der Waals surface area contributed by atoms with E-state index in [-0.39, 0.29) is 0 Å². The number of rotatable bonds is 5. The standard InChI is InChI=1S/C11H16N4/c1-2-5-15-9-11(8-14-15)13-7-10-3-4-12-6-10/h3-4,6,8-9,12-13H,2,5,7H2,1H3. The SMILES string of the molecule is CCCn1cc(NCc2cc[nH]c2)cn1. The molecule has 0 aliphatic rings. The van der Waals surface area contributed by atoms with Crippen LogP contribution in [0, 0.1) is 0 Å². The second-order valence-corrected chi connectivity index (χ2v) is 3.56. The fourth-order valence-electron chi connectivity index (χ4n) is 1.48. The van der Waals surface area contributed by atoms with Gasteiger partial charge >= 0.3 is 0 Å². The van der Waals surface area contributed by atoms with Crippen molar-refractivity contribution in [3.63, 3.8) is 0 Å². The zero-order valence-electron chi connectivity index (χ0n) is 8.90.